The highest BCUT2D eigenvalue weighted by Gasteiger charge is 2.48. The number of para-hydroxylation sites is 2. The summed E-state index contributed by atoms with van der Waals surface area (Å²) in [6, 6.07) is 40.0. The number of hydrogen-bond acceptors (Lipinski definition) is 2. The summed E-state index contributed by atoms with van der Waals surface area (Å²) in [6.07, 6.45) is 10.1. The van der Waals surface area contributed by atoms with Crippen LogP contribution in [0.15, 0.2) is 127 Å². The van der Waals surface area contributed by atoms with Gasteiger partial charge in [0.05, 0.1) is 6.04 Å². The Morgan fingerprint density at radius 2 is 1.15 bits per heavy atom. The van der Waals surface area contributed by atoms with Crippen molar-refractivity contribution in [3.05, 3.63) is 139 Å². The number of benzene rings is 5. The Balaban J connectivity index is 1.44. The average Bonchev–Trinajstić information content (AvgIpc) is 3.08. The van der Waals surface area contributed by atoms with Crippen molar-refractivity contribution in [1.29, 1.82) is 0 Å². The van der Waals surface area contributed by atoms with Gasteiger partial charge < -0.3 is 9.80 Å². The molecule has 0 spiro atoms. The van der Waals surface area contributed by atoms with Crippen LogP contribution < -0.4 is 42.6 Å². The fraction of sp³-hybridized carbons (Fsp3) is 0.227. The van der Waals surface area contributed by atoms with Crippen LogP contribution >= 0.6 is 0 Å². The molecule has 0 saturated carbocycles. The van der Waals surface area contributed by atoms with E-state index in [4.69, 9.17) is 0 Å². The monoisotopic (exact) mass is 620 g/mol. The van der Waals surface area contributed by atoms with Crippen molar-refractivity contribution in [2.24, 2.45) is 0 Å². The van der Waals surface area contributed by atoms with Gasteiger partial charge in [0.25, 0.3) is 6.71 Å². The molecule has 0 radical (unpaired) electrons. The molecule has 0 amide bonds. The highest BCUT2D eigenvalue weighted by Crippen LogP contribution is 2.45. The van der Waals surface area contributed by atoms with Crippen LogP contribution in [0.3, 0.4) is 0 Å². The van der Waals surface area contributed by atoms with Crippen LogP contribution in [0.1, 0.15) is 59.1 Å². The van der Waals surface area contributed by atoms with E-state index in [-0.39, 0.29) is 30.3 Å². The number of nitrogens with zero attached hydrogens (tertiary/aromatic N) is 2. The molecule has 9 rings (SSSR count). The standard InChI is InChI=1S/C44H42B2N2/c1-43(2,3)29-25-35-42-36(26-29)46-34-22-14-15-23-37(34)47(32-19-11-8-12-20-32)39-27-30(44(4,5)6)28-40(41(39)46)48(42)38-24-16-13-21-33(38)45(35)31-17-9-7-10-18-31/h7-19,21-28,32H,20H2,1-6H3. The quantitative estimate of drug-likeness (QED) is 0.198. The van der Waals surface area contributed by atoms with Gasteiger partial charge >= 0.3 is 0 Å². The molecule has 5 aromatic rings. The predicted octanol–water partition coefficient (Wildman–Crippen LogP) is 6.75. The van der Waals surface area contributed by atoms with Crippen molar-refractivity contribution in [3.63, 3.8) is 0 Å². The van der Waals surface area contributed by atoms with Gasteiger partial charge in [0.15, 0.2) is 0 Å². The SMILES string of the molecule is CC(C)(C)c1cc2c3c(c1)B1c4ccccc4N(C4C=CC=CC4)c4cc(C(C)(C)C)cc(c41)N3c1ccccc1B2c1ccccc1. The van der Waals surface area contributed by atoms with Crippen molar-refractivity contribution in [2.75, 3.05) is 9.80 Å². The third kappa shape index (κ3) is 4.27. The molecule has 1 atom stereocenters. The van der Waals surface area contributed by atoms with E-state index in [1.807, 2.05) is 0 Å². The number of allylic oxidation sites excluding steroid dienone is 2. The molecule has 0 bridgehead atoms. The van der Waals surface area contributed by atoms with E-state index in [0.717, 1.165) is 6.42 Å². The van der Waals surface area contributed by atoms with Gasteiger partial charge in [-0.25, -0.2) is 0 Å². The molecule has 0 N–H and O–H groups in total. The van der Waals surface area contributed by atoms with Gasteiger partial charge in [0.2, 0.25) is 6.71 Å². The predicted molar refractivity (Wildman–Crippen MR) is 210 cm³/mol. The van der Waals surface area contributed by atoms with E-state index in [2.05, 4.69) is 179 Å². The molecule has 4 heteroatoms. The highest BCUT2D eigenvalue weighted by atomic mass is 15.2. The molecule has 4 aliphatic rings. The van der Waals surface area contributed by atoms with Gasteiger partial charge in [-0.3, -0.25) is 0 Å². The summed E-state index contributed by atoms with van der Waals surface area (Å²) in [5, 5.41) is 0. The zero-order valence-electron chi connectivity index (χ0n) is 29.0. The molecular weight excluding hydrogens is 578 g/mol. The second-order valence-corrected chi connectivity index (χ2v) is 16.1. The summed E-state index contributed by atoms with van der Waals surface area (Å²) in [5.41, 5.74) is 17.8. The maximum absolute atomic E-state index is 2.65. The number of rotatable bonds is 2. The first-order chi connectivity index (χ1) is 23.1. The highest BCUT2D eigenvalue weighted by molar-refractivity contribution is 7.03. The first-order valence-electron chi connectivity index (χ1n) is 17.6. The third-order valence-corrected chi connectivity index (χ3v) is 11.1. The molecule has 1 aliphatic carbocycles. The van der Waals surface area contributed by atoms with Crippen molar-refractivity contribution in [2.45, 2.75) is 64.8 Å². The van der Waals surface area contributed by atoms with Crippen LogP contribution in [0.25, 0.3) is 0 Å². The van der Waals surface area contributed by atoms with E-state index in [1.54, 1.807) is 0 Å². The summed E-state index contributed by atoms with van der Waals surface area (Å²) in [6.45, 7) is 14.5. The topological polar surface area (TPSA) is 6.48 Å². The first-order valence-corrected chi connectivity index (χ1v) is 17.6. The zero-order chi connectivity index (χ0) is 32.9. The zero-order valence-corrected chi connectivity index (χ0v) is 29.0. The fourth-order valence-corrected chi connectivity index (χ4v) is 8.70. The molecule has 3 aliphatic heterocycles. The van der Waals surface area contributed by atoms with E-state index < -0.39 is 0 Å². The Kier molecular flexibility index (Phi) is 6.38. The minimum absolute atomic E-state index is 0.00674. The van der Waals surface area contributed by atoms with E-state index in [9.17, 15) is 0 Å². The normalized spacial score (nSPS) is 17.2. The Morgan fingerprint density at radius 3 is 1.81 bits per heavy atom. The summed E-state index contributed by atoms with van der Waals surface area (Å²) in [7, 11) is 0. The minimum Gasteiger partial charge on any atom is -0.335 e. The molecule has 0 saturated heterocycles. The van der Waals surface area contributed by atoms with Gasteiger partial charge in [-0.2, -0.15) is 0 Å². The lowest BCUT2D eigenvalue weighted by atomic mass is 9.29. The smallest absolute Gasteiger partial charge is 0.252 e. The van der Waals surface area contributed by atoms with E-state index >= 15 is 0 Å². The molecule has 3 heterocycles. The maximum atomic E-state index is 2.65. The fourth-order valence-electron chi connectivity index (χ4n) is 8.70. The lowest BCUT2D eigenvalue weighted by molar-refractivity contribution is 0.590. The lowest BCUT2D eigenvalue weighted by Crippen LogP contribution is -2.67. The van der Waals surface area contributed by atoms with E-state index in [1.165, 1.54) is 72.3 Å². The summed E-state index contributed by atoms with van der Waals surface area (Å²) in [4.78, 5) is 5.31. The van der Waals surface area contributed by atoms with Crippen molar-refractivity contribution >= 4 is 74.6 Å². The van der Waals surface area contributed by atoms with Crippen LogP contribution in [0.2, 0.25) is 0 Å². The molecule has 0 fully saturated rings. The molecular formula is C44H42B2N2. The van der Waals surface area contributed by atoms with Crippen LogP contribution in [0.4, 0.5) is 28.4 Å². The molecule has 1 unspecified atom stereocenters. The molecule has 5 aromatic carbocycles. The Labute approximate surface area is 287 Å². The largest absolute Gasteiger partial charge is 0.335 e. The van der Waals surface area contributed by atoms with Crippen molar-refractivity contribution in [1.82, 2.24) is 0 Å². The summed E-state index contributed by atoms with van der Waals surface area (Å²) in [5.74, 6) is 0. The molecule has 2 nitrogen and oxygen atoms in total. The second kappa shape index (κ2) is 10.4. The van der Waals surface area contributed by atoms with Crippen molar-refractivity contribution in [3.8, 4) is 0 Å². The van der Waals surface area contributed by atoms with Gasteiger partial charge in [-0.05, 0) is 80.0 Å². The molecule has 0 aromatic heterocycles. The van der Waals surface area contributed by atoms with E-state index in [0.29, 0.717) is 0 Å². The Bertz CT molecular complexity index is 2170. The Hall–Kier alpha value is -4.69. The van der Waals surface area contributed by atoms with Gasteiger partial charge in [-0.1, -0.05) is 150 Å². The van der Waals surface area contributed by atoms with Crippen LogP contribution in [0.5, 0.6) is 0 Å². The number of anilines is 5. The molecule has 48 heavy (non-hydrogen) atoms. The van der Waals surface area contributed by atoms with Crippen LogP contribution in [-0.2, 0) is 10.8 Å². The third-order valence-electron chi connectivity index (χ3n) is 11.1. The van der Waals surface area contributed by atoms with Gasteiger partial charge in [0.1, 0.15) is 0 Å². The average molecular weight is 620 g/mol. The lowest BCUT2D eigenvalue weighted by Gasteiger charge is -2.49. The maximum Gasteiger partial charge on any atom is 0.252 e. The van der Waals surface area contributed by atoms with Gasteiger partial charge in [0, 0.05) is 28.4 Å². The van der Waals surface area contributed by atoms with Crippen LogP contribution in [0, 0.1) is 0 Å². The van der Waals surface area contributed by atoms with Gasteiger partial charge in [-0.15, -0.1) is 0 Å². The second-order valence-electron chi connectivity index (χ2n) is 16.1. The van der Waals surface area contributed by atoms with Crippen molar-refractivity contribution < 1.29 is 0 Å². The summed E-state index contributed by atoms with van der Waals surface area (Å²) < 4.78 is 0. The first kappa shape index (κ1) is 29.4. The molecule has 234 valence electrons. The number of fused-ring (bicyclic) bond motifs is 6. The Morgan fingerprint density at radius 1 is 0.562 bits per heavy atom. The number of hydrogen-bond donors (Lipinski definition) is 0. The summed E-state index contributed by atoms with van der Waals surface area (Å²) >= 11 is 0. The van der Waals surface area contributed by atoms with Crippen LogP contribution in [-0.4, -0.2) is 19.5 Å². The minimum atomic E-state index is -0.0208.